The number of carbonyl (C=O) groups excluding carboxylic acids is 2. The molecule has 1 heterocycles. The summed E-state index contributed by atoms with van der Waals surface area (Å²) in [7, 11) is 6.61. The van der Waals surface area contributed by atoms with Crippen LogP contribution in [0.2, 0.25) is 0 Å². The van der Waals surface area contributed by atoms with Crippen molar-refractivity contribution in [2.24, 2.45) is 4.99 Å². The van der Waals surface area contributed by atoms with Gasteiger partial charge in [-0.3, -0.25) is 14.6 Å². The molecule has 0 bridgehead atoms. The average molecular weight is 409 g/mol. The van der Waals surface area contributed by atoms with Gasteiger partial charge in [0, 0.05) is 31.6 Å². The molecule has 0 spiro atoms. The standard InChI is InChI=1S/C23H27N3O4/c1-6-17(24-15-9-7-14(8-10-15)11-21(27)26(2)3)22-16-12-19(29-4)20(30-5)13-18(16)25-23(22)28/h7-10,12-13,22H,6,11H2,1-5H3,(H,25,28). The lowest BCUT2D eigenvalue weighted by atomic mass is 9.93. The molecule has 1 atom stereocenters. The zero-order chi connectivity index (χ0) is 21.8. The zero-order valence-electron chi connectivity index (χ0n) is 18.0. The van der Waals surface area contributed by atoms with Gasteiger partial charge < -0.3 is 19.7 Å². The Morgan fingerprint density at radius 1 is 1.10 bits per heavy atom. The van der Waals surface area contributed by atoms with Crippen LogP contribution in [0, 0.1) is 0 Å². The monoisotopic (exact) mass is 409 g/mol. The number of anilines is 1. The van der Waals surface area contributed by atoms with E-state index < -0.39 is 5.92 Å². The summed E-state index contributed by atoms with van der Waals surface area (Å²) in [6, 6.07) is 11.1. The normalized spacial score (nSPS) is 15.4. The van der Waals surface area contributed by atoms with Crippen LogP contribution in [0.5, 0.6) is 11.5 Å². The minimum Gasteiger partial charge on any atom is -0.493 e. The number of fused-ring (bicyclic) bond motifs is 1. The molecule has 0 saturated carbocycles. The fourth-order valence-corrected chi connectivity index (χ4v) is 3.45. The molecule has 158 valence electrons. The predicted molar refractivity (Wildman–Crippen MR) is 117 cm³/mol. The molecule has 2 aromatic carbocycles. The van der Waals surface area contributed by atoms with Gasteiger partial charge in [-0.1, -0.05) is 19.1 Å². The highest BCUT2D eigenvalue weighted by Gasteiger charge is 2.35. The fourth-order valence-electron chi connectivity index (χ4n) is 3.45. The first-order chi connectivity index (χ1) is 14.4. The van der Waals surface area contributed by atoms with Crippen molar-refractivity contribution in [3.8, 4) is 11.5 Å². The molecule has 2 amide bonds. The van der Waals surface area contributed by atoms with Crippen molar-refractivity contribution < 1.29 is 19.1 Å². The summed E-state index contributed by atoms with van der Waals surface area (Å²) in [5, 5.41) is 2.92. The van der Waals surface area contributed by atoms with Gasteiger partial charge in [0.05, 0.1) is 26.3 Å². The second kappa shape index (κ2) is 8.98. The first-order valence-corrected chi connectivity index (χ1v) is 9.81. The number of amides is 2. The number of hydrogen-bond donors (Lipinski definition) is 1. The Bertz CT molecular complexity index is 981. The van der Waals surface area contributed by atoms with E-state index in [4.69, 9.17) is 14.5 Å². The number of rotatable bonds is 7. The predicted octanol–water partition coefficient (Wildman–Crippen LogP) is 3.55. The van der Waals surface area contributed by atoms with Crippen LogP contribution < -0.4 is 14.8 Å². The van der Waals surface area contributed by atoms with Crippen LogP contribution in [0.15, 0.2) is 41.4 Å². The number of hydrogen-bond acceptors (Lipinski definition) is 5. The average Bonchev–Trinajstić information content (AvgIpc) is 3.06. The highest BCUT2D eigenvalue weighted by molar-refractivity contribution is 6.19. The highest BCUT2D eigenvalue weighted by atomic mass is 16.5. The number of aliphatic imine (C=N–C) groups is 1. The lowest BCUT2D eigenvalue weighted by molar-refractivity contribution is -0.128. The summed E-state index contributed by atoms with van der Waals surface area (Å²) < 4.78 is 10.7. The third-order valence-corrected chi connectivity index (χ3v) is 5.15. The van der Waals surface area contributed by atoms with Crippen LogP contribution in [-0.2, 0) is 16.0 Å². The second-order valence-corrected chi connectivity index (χ2v) is 7.30. The summed E-state index contributed by atoms with van der Waals surface area (Å²) in [6.45, 7) is 1.98. The molecule has 1 aliphatic heterocycles. The summed E-state index contributed by atoms with van der Waals surface area (Å²) in [6.07, 6.45) is 0.963. The molecular formula is C23H27N3O4. The Morgan fingerprint density at radius 3 is 2.30 bits per heavy atom. The maximum absolute atomic E-state index is 12.7. The highest BCUT2D eigenvalue weighted by Crippen LogP contribution is 2.42. The first kappa shape index (κ1) is 21.4. The lowest BCUT2D eigenvalue weighted by Crippen LogP contribution is -2.23. The molecule has 1 aliphatic rings. The van der Waals surface area contributed by atoms with Crippen molar-refractivity contribution >= 4 is 28.9 Å². The maximum Gasteiger partial charge on any atom is 0.237 e. The topological polar surface area (TPSA) is 80.2 Å². The third kappa shape index (κ3) is 4.30. The zero-order valence-corrected chi connectivity index (χ0v) is 18.0. The van der Waals surface area contributed by atoms with E-state index >= 15 is 0 Å². The summed E-state index contributed by atoms with van der Waals surface area (Å²) in [5.41, 5.74) is 3.96. The minimum atomic E-state index is -0.486. The van der Waals surface area contributed by atoms with E-state index in [0.29, 0.717) is 30.0 Å². The Morgan fingerprint density at radius 2 is 1.73 bits per heavy atom. The molecular weight excluding hydrogens is 382 g/mol. The number of benzene rings is 2. The van der Waals surface area contributed by atoms with E-state index in [1.807, 2.05) is 37.3 Å². The van der Waals surface area contributed by atoms with Crippen molar-refractivity contribution in [1.29, 1.82) is 0 Å². The minimum absolute atomic E-state index is 0.0455. The molecule has 7 heteroatoms. The van der Waals surface area contributed by atoms with E-state index in [9.17, 15) is 9.59 Å². The van der Waals surface area contributed by atoms with Crippen LogP contribution in [0.4, 0.5) is 11.4 Å². The molecule has 0 aromatic heterocycles. The maximum atomic E-state index is 12.7. The number of nitrogens with zero attached hydrogens (tertiary/aromatic N) is 2. The molecule has 0 saturated heterocycles. The van der Waals surface area contributed by atoms with Crippen molar-refractivity contribution in [2.75, 3.05) is 33.6 Å². The van der Waals surface area contributed by atoms with Gasteiger partial charge in [-0.15, -0.1) is 0 Å². The molecule has 30 heavy (non-hydrogen) atoms. The van der Waals surface area contributed by atoms with Crippen molar-refractivity contribution in [2.45, 2.75) is 25.7 Å². The SMILES string of the molecule is CCC(=Nc1ccc(CC(=O)N(C)C)cc1)C1C(=O)Nc2cc(OC)c(OC)cc21. The first-order valence-electron chi connectivity index (χ1n) is 9.81. The molecule has 0 fully saturated rings. The Hall–Kier alpha value is -3.35. The van der Waals surface area contributed by atoms with Crippen molar-refractivity contribution in [3.05, 3.63) is 47.5 Å². The van der Waals surface area contributed by atoms with E-state index in [0.717, 1.165) is 22.5 Å². The largest absolute Gasteiger partial charge is 0.493 e. The van der Waals surface area contributed by atoms with Crippen LogP contribution in [0.1, 0.15) is 30.4 Å². The van der Waals surface area contributed by atoms with Gasteiger partial charge in [-0.25, -0.2) is 0 Å². The molecule has 1 unspecified atom stereocenters. The van der Waals surface area contributed by atoms with Gasteiger partial charge in [0.15, 0.2) is 11.5 Å². The number of carbonyl (C=O) groups is 2. The fraction of sp³-hybridized carbons (Fsp3) is 0.348. The van der Waals surface area contributed by atoms with Crippen LogP contribution >= 0.6 is 0 Å². The van der Waals surface area contributed by atoms with E-state index in [1.165, 1.54) is 0 Å². The molecule has 3 rings (SSSR count). The second-order valence-electron chi connectivity index (χ2n) is 7.30. The number of likely N-dealkylation sites (N-methyl/N-ethyl adjacent to an activating group) is 1. The molecule has 7 nitrogen and oxygen atoms in total. The molecule has 2 aromatic rings. The van der Waals surface area contributed by atoms with Gasteiger partial charge >= 0.3 is 0 Å². The quantitative estimate of drug-likeness (QED) is 0.709. The molecule has 0 radical (unpaired) electrons. The summed E-state index contributed by atoms with van der Waals surface area (Å²) in [5.74, 6) is 0.580. The Kier molecular flexibility index (Phi) is 6.40. The van der Waals surface area contributed by atoms with Crippen molar-refractivity contribution in [3.63, 3.8) is 0 Å². The van der Waals surface area contributed by atoms with Crippen molar-refractivity contribution in [1.82, 2.24) is 4.90 Å². The van der Waals surface area contributed by atoms with E-state index in [2.05, 4.69) is 5.32 Å². The smallest absolute Gasteiger partial charge is 0.237 e. The lowest BCUT2D eigenvalue weighted by Gasteiger charge is -2.14. The van der Waals surface area contributed by atoms with Gasteiger partial charge in [0.25, 0.3) is 0 Å². The Balaban J connectivity index is 1.90. The number of methoxy groups -OCH3 is 2. The summed E-state index contributed by atoms with van der Waals surface area (Å²) in [4.78, 5) is 30.9. The van der Waals surface area contributed by atoms with E-state index in [-0.39, 0.29) is 11.8 Å². The number of ether oxygens (including phenoxy) is 2. The van der Waals surface area contributed by atoms with E-state index in [1.54, 1.807) is 39.3 Å². The number of nitrogens with one attached hydrogen (secondary N) is 1. The van der Waals surface area contributed by atoms with Gasteiger partial charge in [0.1, 0.15) is 5.92 Å². The van der Waals surface area contributed by atoms with Gasteiger partial charge in [0.2, 0.25) is 11.8 Å². The van der Waals surface area contributed by atoms with Crippen LogP contribution in [0.3, 0.4) is 0 Å². The van der Waals surface area contributed by atoms with Crippen LogP contribution in [0.25, 0.3) is 0 Å². The molecule has 1 N–H and O–H groups in total. The van der Waals surface area contributed by atoms with Gasteiger partial charge in [-0.05, 0) is 35.7 Å². The Labute approximate surface area is 176 Å². The molecule has 0 aliphatic carbocycles. The van der Waals surface area contributed by atoms with Gasteiger partial charge in [-0.2, -0.15) is 0 Å². The summed E-state index contributed by atoms with van der Waals surface area (Å²) >= 11 is 0. The van der Waals surface area contributed by atoms with Crippen LogP contribution in [-0.4, -0.2) is 50.7 Å². The third-order valence-electron chi connectivity index (χ3n) is 5.15.